The Morgan fingerprint density at radius 1 is 1.32 bits per heavy atom. The summed E-state index contributed by atoms with van der Waals surface area (Å²) in [5.41, 5.74) is 2.63. The molecule has 2 aromatic heterocycles. The number of aryl methyl sites for hydroxylation is 1. The van der Waals surface area contributed by atoms with Crippen molar-refractivity contribution >= 4 is 11.3 Å². The van der Waals surface area contributed by atoms with Crippen LogP contribution in [0.15, 0.2) is 41.2 Å². The molecule has 0 saturated heterocycles. The number of nitrogens with one attached hydrogen (secondary N) is 1. The van der Waals surface area contributed by atoms with E-state index in [0.717, 1.165) is 25.8 Å². The van der Waals surface area contributed by atoms with E-state index in [0.29, 0.717) is 6.04 Å². The highest BCUT2D eigenvalue weighted by Gasteiger charge is 2.09. The van der Waals surface area contributed by atoms with Gasteiger partial charge in [0.1, 0.15) is 0 Å². The van der Waals surface area contributed by atoms with Gasteiger partial charge in [0.25, 0.3) is 0 Å². The highest BCUT2D eigenvalue weighted by molar-refractivity contribution is 7.07. The van der Waals surface area contributed by atoms with Crippen LogP contribution in [0.2, 0.25) is 0 Å². The van der Waals surface area contributed by atoms with E-state index in [-0.39, 0.29) is 0 Å². The fraction of sp³-hybridized carbons (Fsp3) is 0.438. The Kier molecular flexibility index (Phi) is 6.05. The lowest BCUT2D eigenvalue weighted by molar-refractivity contribution is 0.476. The molecule has 1 N–H and O–H groups in total. The predicted octanol–water partition coefficient (Wildman–Crippen LogP) is 3.69. The normalized spacial score (nSPS) is 12.5. The lowest BCUT2D eigenvalue weighted by Gasteiger charge is -2.17. The summed E-state index contributed by atoms with van der Waals surface area (Å²) >= 11 is 1.78. The molecule has 2 aromatic rings. The standard InChI is InChI=1S/C16H22N2S/c1-2-9-17-16(12-14-8-11-19-13-14)7-6-15-5-3-4-10-18-15/h3-5,8,10-11,13,16-17H,2,6-7,9,12H2,1H3. The van der Waals surface area contributed by atoms with Crippen LogP contribution in [-0.4, -0.2) is 17.6 Å². The van der Waals surface area contributed by atoms with Gasteiger partial charge in [-0.2, -0.15) is 11.3 Å². The van der Waals surface area contributed by atoms with Crippen molar-refractivity contribution in [3.05, 3.63) is 52.5 Å². The molecule has 0 aliphatic rings. The van der Waals surface area contributed by atoms with Crippen molar-refractivity contribution in [2.75, 3.05) is 6.54 Å². The summed E-state index contributed by atoms with van der Waals surface area (Å²) in [4.78, 5) is 4.40. The van der Waals surface area contributed by atoms with Crippen molar-refractivity contribution in [2.24, 2.45) is 0 Å². The number of rotatable bonds is 8. The second kappa shape index (κ2) is 8.08. The maximum atomic E-state index is 4.40. The molecule has 0 bridgehead atoms. The average Bonchev–Trinajstić information content (AvgIpc) is 2.96. The van der Waals surface area contributed by atoms with Crippen molar-refractivity contribution < 1.29 is 0 Å². The van der Waals surface area contributed by atoms with Crippen LogP contribution in [0.5, 0.6) is 0 Å². The highest BCUT2D eigenvalue weighted by atomic mass is 32.1. The molecule has 0 amide bonds. The van der Waals surface area contributed by atoms with Gasteiger partial charge in [-0.1, -0.05) is 13.0 Å². The summed E-state index contributed by atoms with van der Waals surface area (Å²) in [5.74, 6) is 0. The Morgan fingerprint density at radius 3 is 2.95 bits per heavy atom. The minimum absolute atomic E-state index is 0.552. The maximum absolute atomic E-state index is 4.40. The van der Waals surface area contributed by atoms with E-state index < -0.39 is 0 Å². The fourth-order valence-corrected chi connectivity index (χ4v) is 2.87. The van der Waals surface area contributed by atoms with Gasteiger partial charge in [0, 0.05) is 17.9 Å². The molecule has 3 heteroatoms. The van der Waals surface area contributed by atoms with Crippen molar-refractivity contribution in [2.45, 2.75) is 38.6 Å². The van der Waals surface area contributed by atoms with E-state index >= 15 is 0 Å². The van der Waals surface area contributed by atoms with E-state index in [1.165, 1.54) is 17.7 Å². The second-order valence-corrected chi connectivity index (χ2v) is 5.63. The predicted molar refractivity (Wildman–Crippen MR) is 82.7 cm³/mol. The van der Waals surface area contributed by atoms with Crippen LogP contribution in [0, 0.1) is 0 Å². The van der Waals surface area contributed by atoms with Gasteiger partial charge in [0.2, 0.25) is 0 Å². The number of hydrogen-bond acceptors (Lipinski definition) is 3. The summed E-state index contributed by atoms with van der Waals surface area (Å²) in [7, 11) is 0. The molecule has 0 saturated carbocycles. The summed E-state index contributed by atoms with van der Waals surface area (Å²) in [6.45, 7) is 3.31. The average molecular weight is 274 g/mol. The van der Waals surface area contributed by atoms with Gasteiger partial charge in [0.15, 0.2) is 0 Å². The molecule has 0 fully saturated rings. The number of nitrogens with zero attached hydrogens (tertiary/aromatic N) is 1. The number of hydrogen-bond donors (Lipinski definition) is 1. The molecule has 0 aliphatic carbocycles. The molecule has 2 nitrogen and oxygen atoms in total. The molecule has 0 spiro atoms. The van der Waals surface area contributed by atoms with Crippen molar-refractivity contribution in [3.63, 3.8) is 0 Å². The SMILES string of the molecule is CCCNC(CCc1ccccn1)Cc1ccsc1. The van der Waals surface area contributed by atoms with Crippen LogP contribution < -0.4 is 5.32 Å². The molecule has 2 rings (SSSR count). The highest BCUT2D eigenvalue weighted by Crippen LogP contribution is 2.12. The first kappa shape index (κ1) is 14.2. The molecule has 0 radical (unpaired) electrons. The third-order valence-corrected chi connectivity index (χ3v) is 3.95. The smallest absolute Gasteiger partial charge is 0.0404 e. The maximum Gasteiger partial charge on any atom is 0.0404 e. The zero-order valence-corrected chi connectivity index (χ0v) is 12.3. The van der Waals surface area contributed by atoms with E-state index in [1.807, 2.05) is 12.3 Å². The molecule has 0 aliphatic heterocycles. The van der Waals surface area contributed by atoms with Gasteiger partial charge in [-0.15, -0.1) is 0 Å². The lowest BCUT2D eigenvalue weighted by atomic mass is 10.0. The summed E-state index contributed by atoms with van der Waals surface area (Å²) in [6, 6.07) is 8.93. The van der Waals surface area contributed by atoms with Crippen LogP contribution >= 0.6 is 11.3 Å². The summed E-state index contributed by atoms with van der Waals surface area (Å²) in [6.07, 6.45) is 6.38. The van der Waals surface area contributed by atoms with Crippen molar-refractivity contribution in [3.8, 4) is 0 Å². The van der Waals surface area contributed by atoms with Crippen LogP contribution in [0.3, 0.4) is 0 Å². The number of aromatic nitrogens is 1. The number of thiophene rings is 1. The first-order valence-electron chi connectivity index (χ1n) is 7.03. The minimum Gasteiger partial charge on any atom is -0.314 e. The Bertz CT molecular complexity index is 439. The molecule has 2 heterocycles. The Balaban J connectivity index is 1.86. The van der Waals surface area contributed by atoms with Gasteiger partial charge in [0.05, 0.1) is 0 Å². The van der Waals surface area contributed by atoms with E-state index in [2.05, 4.69) is 46.2 Å². The Morgan fingerprint density at radius 2 is 2.26 bits per heavy atom. The van der Waals surface area contributed by atoms with E-state index in [9.17, 15) is 0 Å². The van der Waals surface area contributed by atoms with E-state index in [4.69, 9.17) is 0 Å². The van der Waals surface area contributed by atoms with E-state index in [1.54, 1.807) is 11.3 Å². The van der Waals surface area contributed by atoms with Crippen LogP contribution in [0.25, 0.3) is 0 Å². The van der Waals surface area contributed by atoms with Crippen LogP contribution in [0.4, 0.5) is 0 Å². The minimum atomic E-state index is 0.552. The van der Waals surface area contributed by atoms with Crippen LogP contribution in [-0.2, 0) is 12.8 Å². The first-order valence-corrected chi connectivity index (χ1v) is 7.97. The van der Waals surface area contributed by atoms with Crippen molar-refractivity contribution in [1.82, 2.24) is 10.3 Å². The number of pyridine rings is 1. The lowest BCUT2D eigenvalue weighted by Crippen LogP contribution is -2.32. The summed E-state index contributed by atoms with van der Waals surface area (Å²) < 4.78 is 0. The fourth-order valence-electron chi connectivity index (χ4n) is 2.19. The second-order valence-electron chi connectivity index (χ2n) is 4.85. The quantitative estimate of drug-likeness (QED) is 0.794. The molecule has 102 valence electrons. The zero-order chi connectivity index (χ0) is 13.3. The largest absolute Gasteiger partial charge is 0.314 e. The van der Waals surface area contributed by atoms with Gasteiger partial charge in [-0.25, -0.2) is 0 Å². The zero-order valence-electron chi connectivity index (χ0n) is 11.5. The van der Waals surface area contributed by atoms with Gasteiger partial charge in [-0.3, -0.25) is 4.98 Å². The summed E-state index contributed by atoms with van der Waals surface area (Å²) in [5, 5.41) is 8.06. The molecule has 0 aromatic carbocycles. The molecule has 19 heavy (non-hydrogen) atoms. The van der Waals surface area contributed by atoms with Crippen LogP contribution in [0.1, 0.15) is 31.0 Å². The third-order valence-electron chi connectivity index (χ3n) is 3.22. The van der Waals surface area contributed by atoms with Gasteiger partial charge >= 0.3 is 0 Å². The molecular formula is C16H22N2S. The topological polar surface area (TPSA) is 24.9 Å². The van der Waals surface area contributed by atoms with Gasteiger partial charge < -0.3 is 5.32 Å². The Hall–Kier alpha value is -1.19. The molecule has 1 unspecified atom stereocenters. The first-order chi connectivity index (χ1) is 9.38. The Labute approximate surface area is 119 Å². The third kappa shape index (κ3) is 5.13. The van der Waals surface area contributed by atoms with Crippen molar-refractivity contribution in [1.29, 1.82) is 0 Å². The monoisotopic (exact) mass is 274 g/mol. The van der Waals surface area contributed by atoms with Gasteiger partial charge in [-0.05, 0) is 66.8 Å². The molecule has 1 atom stereocenters. The molecular weight excluding hydrogens is 252 g/mol.